The normalized spacial score (nSPS) is 14.8. The topological polar surface area (TPSA) is 45.9 Å². The molecule has 1 saturated heterocycles. The third kappa shape index (κ3) is 3.40. The lowest BCUT2D eigenvalue weighted by Gasteiger charge is -2.31. The van der Waals surface area contributed by atoms with Crippen molar-refractivity contribution in [2.24, 2.45) is 0 Å². The number of aryl methyl sites for hydroxylation is 1. The molecule has 1 aliphatic rings. The first-order chi connectivity index (χ1) is 11.2. The van der Waals surface area contributed by atoms with Gasteiger partial charge in [-0.25, -0.2) is 0 Å². The van der Waals surface area contributed by atoms with Gasteiger partial charge in [0.1, 0.15) is 0 Å². The van der Waals surface area contributed by atoms with Crippen molar-refractivity contribution in [1.82, 2.24) is 4.90 Å². The van der Waals surface area contributed by atoms with Crippen LogP contribution >= 0.6 is 0 Å². The Labute approximate surface area is 136 Å². The molecule has 5 heteroatoms. The molecule has 0 aliphatic carbocycles. The molecule has 0 spiro atoms. The van der Waals surface area contributed by atoms with Gasteiger partial charge in [0.2, 0.25) is 0 Å². The van der Waals surface area contributed by atoms with E-state index in [1.54, 1.807) is 18.2 Å². The first-order valence-corrected chi connectivity index (χ1v) is 7.87. The molecule has 0 bridgehead atoms. The highest BCUT2D eigenvalue weighted by Crippen LogP contribution is 2.23. The minimum atomic E-state index is -0.0933. The zero-order valence-corrected chi connectivity index (χ0v) is 13.6. The number of nitrogens with zero attached hydrogens (tertiary/aromatic N) is 2. The van der Waals surface area contributed by atoms with Crippen molar-refractivity contribution < 1.29 is 13.9 Å². The van der Waals surface area contributed by atoms with E-state index in [9.17, 15) is 4.79 Å². The quantitative estimate of drug-likeness (QED) is 0.870. The molecule has 3 rings (SSSR count). The van der Waals surface area contributed by atoms with E-state index in [-0.39, 0.29) is 5.91 Å². The summed E-state index contributed by atoms with van der Waals surface area (Å²) in [6, 6.07) is 10.0. The molecule has 2 heterocycles. The number of para-hydroxylation sites is 1. The second-order valence-corrected chi connectivity index (χ2v) is 5.82. The Morgan fingerprint density at radius 1 is 1.22 bits per heavy atom. The van der Waals surface area contributed by atoms with E-state index in [1.807, 2.05) is 25.1 Å². The van der Waals surface area contributed by atoms with E-state index in [4.69, 9.17) is 9.15 Å². The number of ether oxygens (including phenoxy) is 1. The van der Waals surface area contributed by atoms with Crippen molar-refractivity contribution in [3.63, 3.8) is 0 Å². The molecule has 1 aromatic carbocycles. The van der Waals surface area contributed by atoms with Gasteiger partial charge in [-0.2, -0.15) is 0 Å². The number of amides is 1. The van der Waals surface area contributed by atoms with E-state index in [0.717, 1.165) is 37.4 Å². The maximum absolute atomic E-state index is 12.5. The first kappa shape index (κ1) is 15.6. The lowest BCUT2D eigenvalue weighted by atomic mass is 10.1. The molecule has 1 aliphatic heterocycles. The van der Waals surface area contributed by atoms with Gasteiger partial charge in [0.05, 0.1) is 19.5 Å². The van der Waals surface area contributed by atoms with Crippen molar-refractivity contribution >= 4 is 11.6 Å². The van der Waals surface area contributed by atoms with Gasteiger partial charge in [0.15, 0.2) is 5.76 Å². The van der Waals surface area contributed by atoms with E-state index in [0.29, 0.717) is 12.3 Å². The van der Waals surface area contributed by atoms with Gasteiger partial charge < -0.3 is 19.0 Å². The number of hydrogen-bond acceptors (Lipinski definition) is 4. The van der Waals surface area contributed by atoms with Gasteiger partial charge in [-0.05, 0) is 24.6 Å². The number of rotatable bonds is 4. The van der Waals surface area contributed by atoms with E-state index >= 15 is 0 Å². The van der Waals surface area contributed by atoms with Crippen molar-refractivity contribution in [2.45, 2.75) is 13.5 Å². The molecule has 2 aromatic rings. The van der Waals surface area contributed by atoms with Gasteiger partial charge >= 0.3 is 0 Å². The Morgan fingerprint density at radius 3 is 2.65 bits per heavy atom. The van der Waals surface area contributed by atoms with Crippen LogP contribution in [0.15, 0.2) is 41.0 Å². The Kier molecular flexibility index (Phi) is 4.67. The molecule has 1 amide bonds. The Hall–Kier alpha value is -2.27. The van der Waals surface area contributed by atoms with Crippen molar-refractivity contribution in [3.05, 3.63) is 53.5 Å². The second-order valence-electron chi connectivity index (χ2n) is 5.82. The number of hydrogen-bond donors (Lipinski definition) is 0. The van der Waals surface area contributed by atoms with Gasteiger partial charge in [-0.1, -0.05) is 18.2 Å². The SMILES string of the molecule is Cc1ccoc1C(=O)N(C)Cc1ccccc1N1CCOCC1. The van der Waals surface area contributed by atoms with Crippen LogP contribution in [0.3, 0.4) is 0 Å². The summed E-state index contributed by atoms with van der Waals surface area (Å²) in [5.41, 5.74) is 3.17. The van der Waals surface area contributed by atoms with Crippen LogP contribution in [-0.2, 0) is 11.3 Å². The van der Waals surface area contributed by atoms with Gasteiger partial charge in [0.25, 0.3) is 5.91 Å². The number of furan rings is 1. The van der Waals surface area contributed by atoms with Crippen LogP contribution in [0.25, 0.3) is 0 Å². The zero-order valence-electron chi connectivity index (χ0n) is 13.6. The van der Waals surface area contributed by atoms with Crippen LogP contribution in [0.5, 0.6) is 0 Å². The van der Waals surface area contributed by atoms with Crippen LogP contribution in [0.2, 0.25) is 0 Å². The molecule has 23 heavy (non-hydrogen) atoms. The van der Waals surface area contributed by atoms with Crippen LogP contribution in [0, 0.1) is 6.92 Å². The lowest BCUT2D eigenvalue weighted by Crippen LogP contribution is -2.37. The fourth-order valence-corrected chi connectivity index (χ4v) is 2.85. The summed E-state index contributed by atoms with van der Waals surface area (Å²) in [5.74, 6) is 0.320. The third-order valence-electron chi connectivity index (χ3n) is 4.15. The Balaban J connectivity index is 1.77. The lowest BCUT2D eigenvalue weighted by molar-refractivity contribution is 0.0752. The summed E-state index contributed by atoms with van der Waals surface area (Å²) in [5, 5.41) is 0. The fourth-order valence-electron chi connectivity index (χ4n) is 2.85. The monoisotopic (exact) mass is 314 g/mol. The number of carbonyl (C=O) groups is 1. The maximum atomic E-state index is 12.5. The largest absolute Gasteiger partial charge is 0.459 e. The van der Waals surface area contributed by atoms with Crippen LogP contribution in [-0.4, -0.2) is 44.2 Å². The molecule has 0 N–H and O–H groups in total. The molecular formula is C18H22N2O3. The molecule has 0 saturated carbocycles. The highest BCUT2D eigenvalue weighted by atomic mass is 16.5. The van der Waals surface area contributed by atoms with Crippen molar-refractivity contribution in [1.29, 1.82) is 0 Å². The number of benzene rings is 1. The molecule has 1 fully saturated rings. The summed E-state index contributed by atoms with van der Waals surface area (Å²) < 4.78 is 10.7. The number of carbonyl (C=O) groups excluding carboxylic acids is 1. The summed E-state index contributed by atoms with van der Waals surface area (Å²) in [7, 11) is 1.81. The molecule has 122 valence electrons. The highest BCUT2D eigenvalue weighted by molar-refractivity contribution is 5.92. The average Bonchev–Trinajstić information content (AvgIpc) is 3.01. The molecule has 0 unspecified atom stereocenters. The summed E-state index contributed by atoms with van der Waals surface area (Å²) >= 11 is 0. The second kappa shape index (κ2) is 6.87. The predicted molar refractivity (Wildman–Crippen MR) is 88.7 cm³/mol. The molecule has 1 aromatic heterocycles. The molecule has 5 nitrogen and oxygen atoms in total. The summed E-state index contributed by atoms with van der Waals surface area (Å²) in [4.78, 5) is 16.5. The first-order valence-electron chi connectivity index (χ1n) is 7.87. The number of morpholine rings is 1. The van der Waals surface area contributed by atoms with Crippen LogP contribution in [0.1, 0.15) is 21.7 Å². The van der Waals surface area contributed by atoms with E-state index in [1.165, 1.54) is 5.69 Å². The van der Waals surface area contributed by atoms with E-state index < -0.39 is 0 Å². The minimum absolute atomic E-state index is 0.0933. The van der Waals surface area contributed by atoms with Gasteiger partial charge in [0, 0.05) is 37.9 Å². The van der Waals surface area contributed by atoms with Crippen molar-refractivity contribution in [2.75, 3.05) is 38.3 Å². The fraction of sp³-hybridized carbons (Fsp3) is 0.389. The molecule has 0 atom stereocenters. The third-order valence-corrected chi connectivity index (χ3v) is 4.15. The predicted octanol–water partition coefficient (Wildman–Crippen LogP) is 2.70. The minimum Gasteiger partial charge on any atom is -0.459 e. The highest BCUT2D eigenvalue weighted by Gasteiger charge is 2.20. The zero-order chi connectivity index (χ0) is 16.2. The summed E-state index contributed by atoms with van der Waals surface area (Å²) in [6.45, 7) is 5.68. The van der Waals surface area contributed by atoms with E-state index in [2.05, 4.69) is 17.0 Å². The van der Waals surface area contributed by atoms with Crippen molar-refractivity contribution in [3.8, 4) is 0 Å². The van der Waals surface area contributed by atoms with Crippen LogP contribution in [0.4, 0.5) is 5.69 Å². The molecule has 0 radical (unpaired) electrons. The summed E-state index contributed by atoms with van der Waals surface area (Å²) in [6.07, 6.45) is 1.55. The maximum Gasteiger partial charge on any atom is 0.289 e. The standard InChI is InChI=1S/C18H22N2O3/c1-14-7-10-23-17(14)18(21)19(2)13-15-5-3-4-6-16(15)20-8-11-22-12-9-20/h3-7,10H,8-9,11-13H2,1-2H3. The average molecular weight is 314 g/mol. The number of anilines is 1. The smallest absolute Gasteiger partial charge is 0.289 e. The van der Waals surface area contributed by atoms with Gasteiger partial charge in [-0.3, -0.25) is 4.79 Å². The van der Waals surface area contributed by atoms with Crippen LogP contribution < -0.4 is 4.90 Å². The van der Waals surface area contributed by atoms with Gasteiger partial charge in [-0.15, -0.1) is 0 Å². The molecular weight excluding hydrogens is 292 g/mol. The Morgan fingerprint density at radius 2 is 1.96 bits per heavy atom. The Bertz CT molecular complexity index is 674.